The van der Waals surface area contributed by atoms with Gasteiger partial charge in [0.05, 0.1) is 46.7 Å². The number of amides is 8. The van der Waals surface area contributed by atoms with E-state index < -0.39 is 15.7 Å². The molecule has 0 bridgehead atoms. The number of sulfone groups is 1. The number of nitriles is 1. The van der Waals surface area contributed by atoms with Crippen LogP contribution in [0.1, 0.15) is 194 Å². The maximum Gasteiger partial charge on any atom is 0.268 e. The number of benzene rings is 12. The van der Waals surface area contributed by atoms with E-state index in [0.29, 0.717) is 70.9 Å². The van der Waals surface area contributed by atoms with Gasteiger partial charge in [-0.25, -0.2) is 8.42 Å². The van der Waals surface area contributed by atoms with Gasteiger partial charge in [0.1, 0.15) is 34.2 Å². The van der Waals surface area contributed by atoms with E-state index in [4.69, 9.17) is 57.4 Å². The number of nitrogens with one attached hydrogen (secondary N) is 12. The molecule has 6 heterocycles. The number of anilines is 1. The van der Waals surface area contributed by atoms with Crippen LogP contribution in [0, 0.1) is 11.3 Å². The molecule has 6 unspecified atom stereocenters. The van der Waals surface area contributed by atoms with Crippen molar-refractivity contribution in [1.82, 2.24) is 66.7 Å². The molecule has 18 aromatic rings. The molecule has 0 aliphatic carbocycles. The molecule has 0 fully saturated rings. The molecule has 8 amide bonds. The van der Waals surface area contributed by atoms with Crippen molar-refractivity contribution >= 4 is 175 Å². The van der Waals surface area contributed by atoms with Crippen molar-refractivity contribution in [1.29, 1.82) is 5.26 Å². The number of carbonyl (C=O) groups excluding carboxylic acids is 8. The van der Waals surface area contributed by atoms with E-state index in [2.05, 4.69) is 80.0 Å². The highest BCUT2D eigenvalue weighted by Crippen LogP contribution is 2.30. The summed E-state index contributed by atoms with van der Waals surface area (Å²) >= 11 is 23.9. The lowest BCUT2D eigenvalue weighted by Gasteiger charge is -2.16. The Hall–Kier alpha value is -16.0. The van der Waals surface area contributed by atoms with Crippen LogP contribution in [0.2, 0.25) is 20.1 Å². The molecule has 0 aliphatic heterocycles. The summed E-state index contributed by atoms with van der Waals surface area (Å²) in [6.45, 7) is 11.6. The smallest absolute Gasteiger partial charge is 0.268 e. The Kier molecular flexibility index (Phi) is 34.3. The molecule has 0 saturated carbocycles. The molecular weight excluding hydrogens is 1890 g/mol. The number of halogens is 4. The highest BCUT2D eigenvalue weighted by atomic mass is 35.5. The van der Waals surface area contributed by atoms with Gasteiger partial charge in [-0.3, -0.25) is 38.4 Å². The minimum atomic E-state index is -3.23. The number of rotatable bonds is 23. The van der Waals surface area contributed by atoms with Crippen LogP contribution in [-0.4, -0.2) is 131 Å². The fourth-order valence-electron chi connectivity index (χ4n) is 15.5. The SMILES string of the molecule is CC(Cc1ccccc1)NC(=O)c1cc2cc(Cl)ccc2[nH]1.CC(NC(=O)c1cc2cc(C(N)=O)ccc2[nH]1)c1ccccc1.CC(NC(=O)c1cc2cc(Cl)ccc2[nH]1)c1ccc(C(=O)N(C)C)cc1.CC(NC(=O)c1cc2cc(Cl)ccc2[nH]1)c1ccc(N(C)C)cc1.CC(NC(=O)c1cc2cc(Cl)ccc2[nH]1)c1ccc(S(C)(=O)=O)cc1.CC(NC(=O)c1cc2ccc(C#N)cc2[nH]1)c1ccccc1. The second-order valence-corrected chi connectivity index (χ2v) is 38.4. The number of hydrogen-bond acceptors (Lipinski definition) is 12. The summed E-state index contributed by atoms with van der Waals surface area (Å²) in [6.07, 6.45) is 1.97. The number of primary amides is 1. The number of aromatic nitrogens is 6. The van der Waals surface area contributed by atoms with Crippen molar-refractivity contribution in [2.75, 3.05) is 39.3 Å². The maximum absolute atomic E-state index is 12.5. The van der Waals surface area contributed by atoms with Crippen molar-refractivity contribution in [2.45, 2.75) is 89.1 Å². The fraction of sp³-hybridized carbons (Fsp3) is 0.162. The molecule has 26 nitrogen and oxygen atoms in total. The van der Waals surface area contributed by atoms with Crippen molar-refractivity contribution in [3.8, 4) is 6.07 Å². The Morgan fingerprint density at radius 3 is 0.965 bits per heavy atom. The fourth-order valence-corrected chi connectivity index (χ4v) is 16.8. The summed E-state index contributed by atoms with van der Waals surface area (Å²) in [5.41, 5.74) is 22.1. The number of hydrogen-bond donors (Lipinski definition) is 13. The van der Waals surface area contributed by atoms with Crippen LogP contribution < -0.4 is 42.5 Å². The van der Waals surface area contributed by atoms with Gasteiger partial charge < -0.3 is 77.3 Å². The largest absolute Gasteiger partial charge is 0.378 e. The summed E-state index contributed by atoms with van der Waals surface area (Å²) in [4.78, 5) is 120. The Morgan fingerprint density at radius 2 is 0.634 bits per heavy atom. The highest BCUT2D eigenvalue weighted by molar-refractivity contribution is 7.90. The van der Waals surface area contributed by atoms with Gasteiger partial charge in [0.25, 0.3) is 41.4 Å². The monoisotopic (exact) mass is 1990 g/mol. The predicted molar refractivity (Wildman–Crippen MR) is 567 cm³/mol. The van der Waals surface area contributed by atoms with Crippen molar-refractivity contribution < 1.29 is 46.8 Å². The van der Waals surface area contributed by atoms with Gasteiger partial charge in [-0.05, 0) is 257 Å². The first-order valence-corrected chi connectivity index (χ1v) is 48.7. The van der Waals surface area contributed by atoms with E-state index in [9.17, 15) is 46.8 Å². The molecule has 6 aromatic heterocycles. The van der Waals surface area contributed by atoms with Gasteiger partial charge in [-0.1, -0.05) is 180 Å². The molecule has 6 atom stereocenters. The lowest BCUT2D eigenvalue weighted by molar-refractivity contribution is 0.0825. The van der Waals surface area contributed by atoms with Crippen molar-refractivity contribution in [3.05, 3.63) is 414 Å². The Bertz CT molecular complexity index is 7750. The Balaban J connectivity index is 0.000000143. The third-order valence-electron chi connectivity index (χ3n) is 23.3. The molecule has 14 N–H and O–H groups in total. The topological polar surface area (TPSA) is 394 Å². The second kappa shape index (κ2) is 47.1. The quantitative estimate of drug-likeness (QED) is 0.0284. The summed E-state index contributed by atoms with van der Waals surface area (Å²) < 4.78 is 23.0. The zero-order chi connectivity index (χ0) is 102. The van der Waals surface area contributed by atoms with Gasteiger partial charge in [-0.2, -0.15) is 5.26 Å². The second-order valence-electron chi connectivity index (χ2n) is 34.6. The first-order chi connectivity index (χ1) is 67.8. The number of H-pyrrole nitrogens is 6. The minimum absolute atomic E-state index is 0.0509. The number of nitrogens with two attached hydrogens (primary N) is 1. The molecule has 0 radical (unpaired) electrons. The third kappa shape index (κ3) is 27.8. The lowest BCUT2D eigenvalue weighted by Crippen LogP contribution is -2.34. The molecule has 142 heavy (non-hydrogen) atoms. The van der Waals surface area contributed by atoms with Gasteiger partial charge in [-0.15, -0.1) is 0 Å². The summed E-state index contributed by atoms with van der Waals surface area (Å²) in [6, 6.07) is 95.9. The molecular formula is C111H106Cl4N16O10S. The summed E-state index contributed by atoms with van der Waals surface area (Å²) in [5, 5.41) is 34.6. The Labute approximate surface area is 841 Å². The van der Waals surface area contributed by atoms with Crippen LogP contribution in [0.3, 0.4) is 0 Å². The number of aromatic amines is 6. The van der Waals surface area contributed by atoms with Gasteiger partial charge >= 0.3 is 0 Å². The number of carbonyl (C=O) groups is 8. The zero-order valence-corrected chi connectivity index (χ0v) is 83.4. The first-order valence-electron chi connectivity index (χ1n) is 45.3. The number of nitrogens with zero attached hydrogens (tertiary/aromatic N) is 3. The van der Waals surface area contributed by atoms with E-state index in [1.807, 2.05) is 236 Å². The Morgan fingerprint density at radius 1 is 0.338 bits per heavy atom. The number of fused-ring (bicyclic) bond motifs is 6. The van der Waals surface area contributed by atoms with Crippen LogP contribution in [0.25, 0.3) is 65.4 Å². The van der Waals surface area contributed by atoms with Crippen LogP contribution in [0.15, 0.2) is 314 Å². The van der Waals surface area contributed by atoms with Crippen molar-refractivity contribution in [3.63, 3.8) is 0 Å². The molecule has 0 spiro atoms. The molecule has 18 rings (SSSR count). The maximum atomic E-state index is 12.5. The van der Waals surface area contributed by atoms with E-state index >= 15 is 0 Å². The molecule has 724 valence electrons. The average Bonchev–Trinajstić information content (AvgIpc) is 1.68. The van der Waals surface area contributed by atoms with Gasteiger partial charge in [0, 0.05) is 143 Å². The highest BCUT2D eigenvalue weighted by Gasteiger charge is 2.23. The standard InChI is InChI=1S/C20H20ClN3O2.C19H20ClN3O.C18H17ClN2O3S.C18H17ClN2O.C18H17N3O2.C18H15N3O/c1-12(13-4-6-14(7-5-13)20(26)24(2)3)22-19(25)18-11-15-10-16(21)8-9-17(15)23-18;1-12(13-4-7-16(8-5-13)23(2)3)21-19(24)18-11-14-10-15(20)6-9-17(14)22-18;1-11(12-3-6-15(7-4-12)25(2,23)24)20-18(22)17-10-13-9-14(19)5-8-16(13)21-17;1-12(9-13-5-3-2-4-6-13)20-18(22)17-11-14-10-15(19)7-8-16(14)21-17;1-11(12-5-3-2-4-6-12)20-18(23)16-10-14-9-13(17(19)22)7-8-15(14)21-16;1-12(14-5-3-2-4-6-14)20-18(22)17-10-15-8-7-13(11-19)9-16(15)21-17/h4-12,23H,1-3H3,(H,22,25);4-12,22H,1-3H3,(H,21,24);3-11,21H,1-2H3,(H,20,22);2-8,10-12,21H,9H2,1H3,(H,20,22);2-11,21H,1H3,(H2,19,22)(H,20,23);2-10,12,21H,1H3,(H,20,22). The summed E-state index contributed by atoms with van der Waals surface area (Å²) in [5.74, 6) is -1.57. The lowest BCUT2D eigenvalue weighted by atomic mass is 10.1. The van der Waals surface area contributed by atoms with E-state index in [-0.39, 0.29) is 82.5 Å². The van der Waals surface area contributed by atoms with Crippen LogP contribution in [-0.2, 0) is 16.3 Å². The molecule has 31 heteroatoms. The van der Waals surface area contributed by atoms with Crippen LogP contribution in [0.4, 0.5) is 5.69 Å². The average molecular weight is 2000 g/mol. The third-order valence-corrected chi connectivity index (χ3v) is 25.4. The first kappa shape index (κ1) is 103. The van der Waals surface area contributed by atoms with E-state index in [0.717, 1.165) is 112 Å². The van der Waals surface area contributed by atoms with Gasteiger partial charge in [0.2, 0.25) is 5.91 Å². The predicted octanol–water partition coefficient (Wildman–Crippen LogP) is 22.6. The van der Waals surface area contributed by atoms with E-state index in [1.54, 1.807) is 123 Å². The van der Waals surface area contributed by atoms with Crippen molar-refractivity contribution in [2.24, 2.45) is 5.73 Å². The molecule has 0 aliphatic rings. The van der Waals surface area contributed by atoms with Gasteiger partial charge in [0.15, 0.2) is 9.84 Å². The molecule has 12 aromatic carbocycles. The normalized spacial score (nSPS) is 12.2. The minimum Gasteiger partial charge on any atom is -0.378 e. The molecule has 0 saturated heterocycles. The van der Waals surface area contributed by atoms with Crippen LogP contribution in [0.5, 0.6) is 0 Å². The zero-order valence-electron chi connectivity index (χ0n) is 79.5. The van der Waals surface area contributed by atoms with Crippen LogP contribution >= 0.6 is 46.4 Å². The summed E-state index contributed by atoms with van der Waals surface area (Å²) in [7, 11) is 4.20. The van der Waals surface area contributed by atoms with E-state index in [1.165, 1.54) is 22.6 Å².